The zero-order valence-corrected chi connectivity index (χ0v) is 15.0. The maximum absolute atomic E-state index is 6.16. The van der Waals surface area contributed by atoms with Crippen LogP contribution in [0.15, 0.2) is 79.5 Å². The maximum Gasteiger partial charge on any atom is 0.134 e. The van der Waals surface area contributed by atoms with Gasteiger partial charge in [0.2, 0.25) is 0 Å². The highest BCUT2D eigenvalue weighted by molar-refractivity contribution is 6.31. The fourth-order valence-electron chi connectivity index (χ4n) is 3.31. The highest BCUT2D eigenvalue weighted by atomic mass is 35.5. The van der Waals surface area contributed by atoms with Crippen LogP contribution in [0.4, 0.5) is 0 Å². The van der Waals surface area contributed by atoms with Gasteiger partial charge in [-0.3, -0.25) is 0 Å². The predicted octanol–water partition coefficient (Wildman–Crippen LogP) is 5.94. The lowest BCUT2D eigenvalue weighted by atomic mass is 9.98. The molecule has 0 radical (unpaired) electrons. The Balaban J connectivity index is 1.50. The molecule has 0 bridgehead atoms. The number of benzene rings is 3. The Kier molecular flexibility index (Phi) is 3.77. The van der Waals surface area contributed by atoms with Crippen LogP contribution in [0.2, 0.25) is 5.15 Å². The molecular weight excluding hydrogens is 356 g/mol. The number of hydrogen-bond acceptors (Lipinski definition) is 2. The van der Waals surface area contributed by atoms with E-state index in [9.17, 15) is 0 Å². The molecule has 5 aromatic rings. The molecule has 0 atom stereocenters. The number of fused-ring (bicyclic) bond motifs is 1. The number of halogens is 1. The molecule has 0 unspecified atom stereocenters. The zero-order valence-electron chi connectivity index (χ0n) is 14.3. The van der Waals surface area contributed by atoms with Crippen LogP contribution in [0.25, 0.3) is 44.4 Å². The van der Waals surface area contributed by atoms with Crippen LogP contribution in [-0.4, -0.2) is 19.9 Å². The van der Waals surface area contributed by atoms with Crippen molar-refractivity contribution in [1.29, 1.82) is 0 Å². The first-order valence-corrected chi connectivity index (χ1v) is 8.98. The van der Waals surface area contributed by atoms with Crippen molar-refractivity contribution >= 4 is 22.4 Å². The van der Waals surface area contributed by atoms with Crippen LogP contribution in [0.3, 0.4) is 0 Å². The van der Waals surface area contributed by atoms with Crippen LogP contribution in [0.5, 0.6) is 0 Å². The maximum atomic E-state index is 6.16. The zero-order chi connectivity index (χ0) is 18.2. The molecule has 2 N–H and O–H groups in total. The highest BCUT2D eigenvalue weighted by Gasteiger charge is 2.08. The van der Waals surface area contributed by atoms with Crippen LogP contribution >= 0.6 is 11.6 Å². The summed E-state index contributed by atoms with van der Waals surface area (Å²) >= 11 is 6.16. The predicted molar refractivity (Wildman–Crippen MR) is 110 cm³/mol. The van der Waals surface area contributed by atoms with E-state index in [0.29, 0.717) is 5.15 Å². The average molecular weight is 371 g/mol. The normalized spacial score (nSPS) is 11.1. The van der Waals surface area contributed by atoms with Gasteiger partial charge < -0.3 is 9.97 Å². The Morgan fingerprint density at radius 3 is 2.00 bits per heavy atom. The van der Waals surface area contributed by atoms with E-state index in [1.165, 1.54) is 16.5 Å². The lowest BCUT2D eigenvalue weighted by molar-refractivity contribution is 1.31. The number of aromatic amines is 2. The summed E-state index contributed by atoms with van der Waals surface area (Å²) in [6, 6.07) is 21.2. The van der Waals surface area contributed by atoms with E-state index in [4.69, 9.17) is 11.6 Å². The fraction of sp³-hybridized carbons (Fsp3) is 0. The number of imidazole rings is 2. The van der Waals surface area contributed by atoms with Gasteiger partial charge in [0.05, 0.1) is 24.5 Å². The lowest BCUT2D eigenvalue weighted by Gasteiger charge is -2.07. The minimum absolute atomic E-state index is 0.559. The van der Waals surface area contributed by atoms with Gasteiger partial charge in [-0.05, 0) is 39.6 Å². The van der Waals surface area contributed by atoms with Crippen molar-refractivity contribution in [3.63, 3.8) is 0 Å². The molecular formula is C22H15ClN4. The Bertz CT molecular complexity index is 1220. The molecule has 0 aliphatic carbocycles. The van der Waals surface area contributed by atoms with Gasteiger partial charge in [0.25, 0.3) is 0 Å². The molecule has 2 heterocycles. The van der Waals surface area contributed by atoms with Crippen LogP contribution in [-0.2, 0) is 0 Å². The van der Waals surface area contributed by atoms with Crippen molar-refractivity contribution in [2.75, 3.05) is 0 Å². The number of nitrogens with zero attached hydrogens (tertiary/aromatic N) is 2. The molecule has 0 saturated heterocycles. The second kappa shape index (κ2) is 6.41. The largest absolute Gasteiger partial charge is 0.345 e. The standard InChI is InChI=1S/C22H15ClN4/c23-22-21(26-13-27-22)19-8-7-17-9-16(5-6-18(17)10-19)14-1-3-15(4-2-14)20-11-24-12-25-20/h1-13H,(H,24,25)(H,26,27). The van der Waals surface area contributed by atoms with Gasteiger partial charge in [-0.1, -0.05) is 60.1 Å². The first kappa shape index (κ1) is 15.9. The minimum Gasteiger partial charge on any atom is -0.345 e. The minimum atomic E-state index is 0.559. The van der Waals surface area contributed by atoms with Gasteiger partial charge in [0.15, 0.2) is 0 Å². The van der Waals surface area contributed by atoms with E-state index < -0.39 is 0 Å². The van der Waals surface area contributed by atoms with Crippen molar-refractivity contribution in [1.82, 2.24) is 19.9 Å². The first-order valence-electron chi connectivity index (χ1n) is 8.60. The average Bonchev–Trinajstić information content (AvgIpc) is 3.39. The monoisotopic (exact) mass is 370 g/mol. The summed E-state index contributed by atoms with van der Waals surface area (Å²) in [4.78, 5) is 14.4. The van der Waals surface area contributed by atoms with Gasteiger partial charge in [0.1, 0.15) is 10.8 Å². The van der Waals surface area contributed by atoms with Crippen molar-refractivity contribution in [2.45, 2.75) is 0 Å². The summed E-state index contributed by atoms with van der Waals surface area (Å²) < 4.78 is 0. The second-order valence-electron chi connectivity index (χ2n) is 6.38. The summed E-state index contributed by atoms with van der Waals surface area (Å²) in [5, 5.41) is 2.90. The quantitative estimate of drug-likeness (QED) is 0.413. The smallest absolute Gasteiger partial charge is 0.134 e. The molecule has 3 aromatic carbocycles. The van der Waals surface area contributed by atoms with Gasteiger partial charge in [-0.15, -0.1) is 0 Å². The number of aromatic nitrogens is 4. The fourth-order valence-corrected chi connectivity index (χ4v) is 3.52. The summed E-state index contributed by atoms with van der Waals surface area (Å²) in [6.45, 7) is 0. The van der Waals surface area contributed by atoms with Gasteiger partial charge >= 0.3 is 0 Å². The molecule has 0 aliphatic rings. The third-order valence-corrected chi connectivity index (χ3v) is 5.02. The molecule has 0 saturated carbocycles. The molecule has 130 valence electrons. The SMILES string of the molecule is Clc1[nH]cnc1-c1ccc2cc(-c3ccc(-c4cnc[nH]4)cc3)ccc2c1. The Morgan fingerprint density at radius 1 is 0.667 bits per heavy atom. The summed E-state index contributed by atoms with van der Waals surface area (Å²) in [5.41, 5.74) is 6.29. The molecule has 27 heavy (non-hydrogen) atoms. The molecule has 4 nitrogen and oxygen atoms in total. The molecule has 0 aliphatic heterocycles. The van der Waals surface area contributed by atoms with Crippen LogP contribution in [0, 0.1) is 0 Å². The summed E-state index contributed by atoms with van der Waals surface area (Å²) in [6.07, 6.45) is 5.13. The van der Waals surface area contributed by atoms with E-state index in [2.05, 4.69) is 80.6 Å². The Labute approximate surface area is 160 Å². The summed E-state index contributed by atoms with van der Waals surface area (Å²) in [7, 11) is 0. The lowest BCUT2D eigenvalue weighted by Crippen LogP contribution is -1.83. The van der Waals surface area contributed by atoms with Gasteiger partial charge in [0, 0.05) is 5.56 Å². The van der Waals surface area contributed by atoms with Crippen molar-refractivity contribution in [3.05, 3.63) is 84.7 Å². The second-order valence-corrected chi connectivity index (χ2v) is 6.76. The van der Waals surface area contributed by atoms with Crippen molar-refractivity contribution < 1.29 is 0 Å². The summed E-state index contributed by atoms with van der Waals surface area (Å²) in [5.74, 6) is 0. The molecule has 2 aromatic heterocycles. The van der Waals surface area contributed by atoms with Gasteiger partial charge in [-0.25, -0.2) is 9.97 Å². The third-order valence-electron chi connectivity index (χ3n) is 4.73. The molecule has 5 rings (SSSR count). The van der Waals surface area contributed by atoms with E-state index in [-0.39, 0.29) is 0 Å². The number of nitrogens with one attached hydrogen (secondary N) is 2. The number of rotatable bonds is 3. The Morgan fingerprint density at radius 2 is 1.33 bits per heavy atom. The van der Waals surface area contributed by atoms with Crippen LogP contribution in [0.1, 0.15) is 0 Å². The number of H-pyrrole nitrogens is 2. The van der Waals surface area contributed by atoms with E-state index in [0.717, 1.165) is 27.9 Å². The highest BCUT2D eigenvalue weighted by Crippen LogP contribution is 2.30. The van der Waals surface area contributed by atoms with E-state index in [1.54, 1.807) is 12.7 Å². The molecule has 0 amide bonds. The topological polar surface area (TPSA) is 57.4 Å². The van der Waals surface area contributed by atoms with Gasteiger partial charge in [-0.2, -0.15) is 0 Å². The van der Waals surface area contributed by atoms with Crippen molar-refractivity contribution in [2.24, 2.45) is 0 Å². The van der Waals surface area contributed by atoms with Crippen molar-refractivity contribution in [3.8, 4) is 33.6 Å². The number of hydrogen-bond donors (Lipinski definition) is 2. The first-order chi connectivity index (χ1) is 13.3. The van der Waals surface area contributed by atoms with Crippen LogP contribution < -0.4 is 0 Å². The third kappa shape index (κ3) is 2.90. The Hall–Kier alpha value is -3.37. The molecule has 5 heteroatoms. The molecule has 0 spiro atoms. The molecule has 0 fully saturated rings. The van der Waals surface area contributed by atoms with E-state index >= 15 is 0 Å². The van der Waals surface area contributed by atoms with E-state index in [1.807, 2.05) is 6.20 Å².